The minimum atomic E-state index is 0.970. The van der Waals surface area contributed by atoms with E-state index in [-0.39, 0.29) is 0 Å². The van der Waals surface area contributed by atoms with Crippen LogP contribution in [0.25, 0.3) is 22.6 Å². The summed E-state index contributed by atoms with van der Waals surface area (Å²) in [6, 6.07) is 19.2. The lowest BCUT2D eigenvalue weighted by atomic mass is 10.1. The van der Waals surface area contributed by atoms with Gasteiger partial charge in [-0.25, -0.2) is 0 Å². The fourth-order valence-electron chi connectivity index (χ4n) is 3.20. The molecule has 0 aliphatic heterocycles. The minimum Gasteiger partial charge on any atom is -0.347 e. The van der Waals surface area contributed by atoms with E-state index in [2.05, 4.69) is 84.4 Å². The largest absolute Gasteiger partial charge is 0.347 e. The van der Waals surface area contributed by atoms with Gasteiger partial charge >= 0.3 is 0 Å². The number of rotatable bonds is 1. The maximum Gasteiger partial charge on any atom is 0.0486 e. The average Bonchev–Trinajstić information content (AvgIpc) is 2.70. The number of allylic oxidation sites excluding steroid dienone is 3. The summed E-state index contributed by atoms with van der Waals surface area (Å²) in [7, 11) is 2.16. The molecule has 0 fully saturated rings. The van der Waals surface area contributed by atoms with Gasteiger partial charge in [-0.1, -0.05) is 66.8 Å². The molecule has 0 radical (unpaired) electrons. The lowest BCUT2D eigenvalue weighted by molar-refractivity contribution is 0.888. The Kier molecular flexibility index (Phi) is 2.78. The fraction of sp³-hybridized carbons (Fsp3) is 0.100. The van der Waals surface area contributed by atoms with Crippen LogP contribution in [0.1, 0.15) is 16.8 Å². The number of benzene rings is 2. The molecule has 1 heterocycles. The summed E-state index contributed by atoms with van der Waals surface area (Å²) in [4.78, 5) is 0. The highest BCUT2D eigenvalue weighted by Gasteiger charge is 2.14. The monoisotopic (exact) mass is 271 g/mol. The van der Waals surface area contributed by atoms with Gasteiger partial charge < -0.3 is 4.57 Å². The zero-order valence-corrected chi connectivity index (χ0v) is 12.1. The van der Waals surface area contributed by atoms with Crippen LogP contribution in [-0.2, 0) is 13.5 Å². The predicted octanol–water partition coefficient (Wildman–Crippen LogP) is 4.83. The standard InChI is InChI=1S/C20H17N/c1-21-19-10-6-5-9-17(19)18-13-11-16(12-14-20(18)21)15-7-3-2-4-8-15/h2-13H,14H2,1H3. The van der Waals surface area contributed by atoms with Crippen LogP contribution in [0.2, 0.25) is 0 Å². The van der Waals surface area contributed by atoms with E-state index in [9.17, 15) is 0 Å². The molecule has 0 saturated heterocycles. The number of hydrogen-bond acceptors (Lipinski definition) is 0. The van der Waals surface area contributed by atoms with Crippen LogP contribution in [0.4, 0.5) is 0 Å². The van der Waals surface area contributed by atoms with Gasteiger partial charge in [0.25, 0.3) is 0 Å². The summed E-state index contributed by atoms with van der Waals surface area (Å²) in [5.74, 6) is 0. The van der Waals surface area contributed by atoms with Gasteiger partial charge in [0.2, 0.25) is 0 Å². The zero-order chi connectivity index (χ0) is 14.2. The first kappa shape index (κ1) is 12.2. The quantitative estimate of drug-likeness (QED) is 0.597. The molecule has 4 rings (SSSR count). The average molecular weight is 271 g/mol. The normalized spacial score (nSPS) is 13.9. The van der Waals surface area contributed by atoms with Gasteiger partial charge in [0, 0.05) is 35.6 Å². The smallest absolute Gasteiger partial charge is 0.0486 e. The van der Waals surface area contributed by atoms with Crippen molar-refractivity contribution in [2.75, 3.05) is 0 Å². The van der Waals surface area contributed by atoms with Crippen LogP contribution >= 0.6 is 0 Å². The Bertz CT molecular complexity index is 863. The first-order valence-corrected chi connectivity index (χ1v) is 7.34. The third-order valence-corrected chi connectivity index (χ3v) is 4.32. The van der Waals surface area contributed by atoms with Crippen LogP contribution in [0, 0.1) is 0 Å². The molecule has 3 aromatic rings. The molecule has 0 spiro atoms. The van der Waals surface area contributed by atoms with Gasteiger partial charge in [-0.2, -0.15) is 0 Å². The first-order chi connectivity index (χ1) is 10.3. The van der Waals surface area contributed by atoms with Crippen molar-refractivity contribution >= 4 is 22.6 Å². The van der Waals surface area contributed by atoms with Crippen LogP contribution < -0.4 is 0 Å². The molecule has 0 saturated carbocycles. The lowest BCUT2D eigenvalue weighted by Gasteiger charge is -2.03. The van der Waals surface area contributed by atoms with Crippen molar-refractivity contribution in [2.45, 2.75) is 6.42 Å². The lowest BCUT2D eigenvalue weighted by Crippen LogP contribution is -1.95. The van der Waals surface area contributed by atoms with E-state index >= 15 is 0 Å². The highest BCUT2D eigenvalue weighted by molar-refractivity contribution is 5.94. The Balaban J connectivity index is 1.86. The third kappa shape index (κ3) is 1.93. The van der Waals surface area contributed by atoms with E-state index in [1.165, 1.54) is 33.3 Å². The maximum atomic E-state index is 2.33. The minimum absolute atomic E-state index is 0.970. The summed E-state index contributed by atoms with van der Waals surface area (Å²) in [6.45, 7) is 0. The summed E-state index contributed by atoms with van der Waals surface area (Å²) in [5, 5.41) is 1.34. The molecule has 21 heavy (non-hydrogen) atoms. The summed E-state index contributed by atoms with van der Waals surface area (Å²) in [6.07, 6.45) is 7.81. The van der Waals surface area contributed by atoms with Crippen molar-refractivity contribution in [1.29, 1.82) is 0 Å². The van der Waals surface area contributed by atoms with Crippen LogP contribution in [-0.4, -0.2) is 4.57 Å². The van der Waals surface area contributed by atoms with Crippen molar-refractivity contribution in [2.24, 2.45) is 7.05 Å². The molecule has 1 aromatic heterocycles. The fourth-order valence-corrected chi connectivity index (χ4v) is 3.20. The van der Waals surface area contributed by atoms with Crippen LogP contribution in [0.15, 0.2) is 66.7 Å². The Morgan fingerprint density at radius 2 is 1.62 bits per heavy atom. The summed E-state index contributed by atoms with van der Waals surface area (Å²) < 4.78 is 2.32. The van der Waals surface area contributed by atoms with Crippen molar-refractivity contribution in [3.05, 3.63) is 83.6 Å². The van der Waals surface area contributed by atoms with Crippen molar-refractivity contribution in [3.63, 3.8) is 0 Å². The number of fused-ring (bicyclic) bond motifs is 3. The highest BCUT2D eigenvalue weighted by atomic mass is 14.9. The number of para-hydroxylation sites is 1. The molecule has 0 amide bonds. The molecule has 1 heteroatoms. The zero-order valence-electron chi connectivity index (χ0n) is 12.1. The Labute approximate surface area is 124 Å². The molecule has 0 atom stereocenters. The predicted molar refractivity (Wildman–Crippen MR) is 90.1 cm³/mol. The van der Waals surface area contributed by atoms with Gasteiger partial charge in [-0.15, -0.1) is 0 Å². The van der Waals surface area contributed by atoms with Crippen molar-refractivity contribution < 1.29 is 0 Å². The Morgan fingerprint density at radius 3 is 2.48 bits per heavy atom. The van der Waals surface area contributed by atoms with Gasteiger partial charge in [-0.3, -0.25) is 0 Å². The van der Waals surface area contributed by atoms with E-state index < -0.39 is 0 Å². The second kappa shape index (κ2) is 4.78. The Hall–Kier alpha value is -2.54. The van der Waals surface area contributed by atoms with Gasteiger partial charge in [-0.05, 0) is 17.2 Å². The third-order valence-electron chi connectivity index (χ3n) is 4.32. The van der Waals surface area contributed by atoms with Gasteiger partial charge in [0.15, 0.2) is 0 Å². The second-order valence-corrected chi connectivity index (χ2v) is 5.50. The molecule has 1 nitrogen and oxygen atoms in total. The molecular formula is C20H17N. The topological polar surface area (TPSA) is 4.93 Å². The SMILES string of the molecule is Cn1c2c(c3ccccc31)C=CC(c1ccccc1)=CC2. The molecule has 0 N–H and O–H groups in total. The van der Waals surface area contributed by atoms with Crippen molar-refractivity contribution in [1.82, 2.24) is 4.57 Å². The van der Waals surface area contributed by atoms with E-state index in [4.69, 9.17) is 0 Å². The molecule has 1 aliphatic carbocycles. The summed E-state index contributed by atoms with van der Waals surface area (Å²) >= 11 is 0. The van der Waals surface area contributed by atoms with E-state index in [0.717, 1.165) is 6.42 Å². The Morgan fingerprint density at radius 1 is 0.857 bits per heavy atom. The molecule has 102 valence electrons. The number of aryl methyl sites for hydroxylation is 1. The molecule has 2 aromatic carbocycles. The van der Waals surface area contributed by atoms with E-state index in [1.807, 2.05) is 0 Å². The highest BCUT2D eigenvalue weighted by Crippen LogP contribution is 2.31. The summed E-state index contributed by atoms with van der Waals surface area (Å²) in [5.41, 5.74) is 6.64. The van der Waals surface area contributed by atoms with Crippen LogP contribution in [0.5, 0.6) is 0 Å². The number of hydrogen-bond donors (Lipinski definition) is 0. The number of nitrogens with zero attached hydrogens (tertiary/aromatic N) is 1. The maximum absolute atomic E-state index is 2.33. The molecular weight excluding hydrogens is 254 g/mol. The van der Waals surface area contributed by atoms with E-state index in [1.54, 1.807) is 0 Å². The van der Waals surface area contributed by atoms with Crippen molar-refractivity contribution in [3.8, 4) is 0 Å². The van der Waals surface area contributed by atoms with E-state index in [0.29, 0.717) is 0 Å². The first-order valence-electron chi connectivity index (χ1n) is 7.34. The molecule has 1 aliphatic rings. The van der Waals surface area contributed by atoms with Crippen LogP contribution in [0.3, 0.4) is 0 Å². The van der Waals surface area contributed by atoms with Gasteiger partial charge in [0.1, 0.15) is 0 Å². The molecule has 0 bridgehead atoms. The second-order valence-electron chi connectivity index (χ2n) is 5.50. The molecule has 0 unspecified atom stereocenters. The number of aromatic nitrogens is 1. The van der Waals surface area contributed by atoms with Gasteiger partial charge in [0.05, 0.1) is 0 Å².